The van der Waals surface area contributed by atoms with E-state index in [0.717, 1.165) is 12.3 Å². The summed E-state index contributed by atoms with van der Waals surface area (Å²) in [5.74, 6) is -3.19. The van der Waals surface area contributed by atoms with Crippen molar-refractivity contribution in [2.75, 3.05) is 12.9 Å². The van der Waals surface area contributed by atoms with Crippen LogP contribution in [0.5, 0.6) is 0 Å². The standard InChI is InChI=1S/C10H12F2O3S/c1-6(5-13)7-3-4-8(16(2,14)15)10(12)9(7)11/h3-4,6,13H,5H2,1-2H3. The van der Waals surface area contributed by atoms with Crippen molar-refractivity contribution in [3.63, 3.8) is 0 Å². The van der Waals surface area contributed by atoms with Crippen molar-refractivity contribution in [3.8, 4) is 0 Å². The van der Waals surface area contributed by atoms with Crippen LogP contribution < -0.4 is 0 Å². The third-order valence-corrected chi connectivity index (χ3v) is 3.40. The van der Waals surface area contributed by atoms with Crippen LogP contribution in [0.25, 0.3) is 0 Å². The maximum Gasteiger partial charge on any atom is 0.178 e. The maximum absolute atomic E-state index is 13.5. The number of hydrogen-bond donors (Lipinski definition) is 1. The summed E-state index contributed by atoms with van der Waals surface area (Å²) in [5.41, 5.74) is -0.0348. The zero-order valence-electron chi connectivity index (χ0n) is 8.87. The summed E-state index contributed by atoms with van der Waals surface area (Å²) >= 11 is 0. The number of aliphatic hydroxyl groups is 1. The Bertz CT molecular complexity index is 497. The zero-order chi connectivity index (χ0) is 12.5. The van der Waals surface area contributed by atoms with Gasteiger partial charge in [-0.1, -0.05) is 13.0 Å². The summed E-state index contributed by atoms with van der Waals surface area (Å²) < 4.78 is 49.1. The quantitative estimate of drug-likeness (QED) is 0.883. The lowest BCUT2D eigenvalue weighted by atomic mass is 10.0. The second-order valence-corrected chi connectivity index (χ2v) is 5.62. The lowest BCUT2D eigenvalue weighted by molar-refractivity contribution is 0.269. The number of halogens is 2. The Balaban J connectivity index is 3.41. The maximum atomic E-state index is 13.5. The fraction of sp³-hybridized carbons (Fsp3) is 0.400. The Morgan fingerprint density at radius 3 is 2.31 bits per heavy atom. The molecule has 0 bridgehead atoms. The predicted molar refractivity (Wildman–Crippen MR) is 55.0 cm³/mol. The van der Waals surface area contributed by atoms with Crippen molar-refractivity contribution in [2.24, 2.45) is 0 Å². The van der Waals surface area contributed by atoms with Gasteiger partial charge in [-0.25, -0.2) is 17.2 Å². The average Bonchev–Trinajstić information content (AvgIpc) is 2.19. The summed E-state index contributed by atoms with van der Waals surface area (Å²) in [4.78, 5) is -0.668. The molecule has 1 aromatic rings. The zero-order valence-corrected chi connectivity index (χ0v) is 9.68. The first-order chi connectivity index (χ1) is 7.29. The summed E-state index contributed by atoms with van der Waals surface area (Å²) in [7, 11) is -3.78. The molecule has 90 valence electrons. The minimum absolute atomic E-state index is 0.0348. The molecule has 0 radical (unpaired) electrons. The van der Waals surface area contributed by atoms with Crippen LogP contribution in [0.4, 0.5) is 8.78 Å². The van der Waals surface area contributed by atoms with Gasteiger partial charge in [-0.2, -0.15) is 0 Å². The SMILES string of the molecule is CC(CO)c1ccc(S(C)(=O)=O)c(F)c1F. The van der Waals surface area contributed by atoms with Crippen molar-refractivity contribution in [1.29, 1.82) is 0 Å². The molecule has 0 aromatic heterocycles. The van der Waals surface area contributed by atoms with E-state index in [1.165, 1.54) is 13.0 Å². The van der Waals surface area contributed by atoms with Gasteiger partial charge in [0.05, 0.1) is 0 Å². The lowest BCUT2D eigenvalue weighted by Crippen LogP contribution is -2.08. The van der Waals surface area contributed by atoms with Crippen LogP contribution in [0.2, 0.25) is 0 Å². The molecule has 0 aliphatic rings. The van der Waals surface area contributed by atoms with Crippen LogP contribution in [0.1, 0.15) is 18.4 Å². The van der Waals surface area contributed by atoms with Crippen LogP contribution >= 0.6 is 0 Å². The van der Waals surface area contributed by atoms with E-state index in [4.69, 9.17) is 5.11 Å². The molecule has 0 saturated carbocycles. The van der Waals surface area contributed by atoms with Gasteiger partial charge < -0.3 is 5.11 Å². The Kier molecular flexibility index (Phi) is 3.64. The first-order valence-electron chi connectivity index (χ1n) is 4.57. The smallest absolute Gasteiger partial charge is 0.178 e. The van der Waals surface area contributed by atoms with E-state index in [0.29, 0.717) is 0 Å². The van der Waals surface area contributed by atoms with E-state index >= 15 is 0 Å². The summed E-state index contributed by atoms with van der Waals surface area (Å²) in [6.45, 7) is 1.17. The van der Waals surface area contributed by atoms with Crippen LogP contribution in [-0.2, 0) is 9.84 Å². The van der Waals surface area contributed by atoms with Crippen LogP contribution in [0.15, 0.2) is 17.0 Å². The molecular weight excluding hydrogens is 238 g/mol. The summed E-state index contributed by atoms with van der Waals surface area (Å²) in [6.07, 6.45) is 0.806. The molecule has 1 aromatic carbocycles. The highest BCUT2D eigenvalue weighted by Gasteiger charge is 2.21. The summed E-state index contributed by atoms with van der Waals surface area (Å²) in [6, 6.07) is 2.19. The topological polar surface area (TPSA) is 54.4 Å². The second-order valence-electron chi connectivity index (χ2n) is 3.64. The van der Waals surface area contributed by atoms with E-state index in [1.807, 2.05) is 0 Å². The van der Waals surface area contributed by atoms with E-state index in [-0.39, 0.29) is 12.2 Å². The Hall–Kier alpha value is -1.01. The highest BCUT2D eigenvalue weighted by atomic mass is 32.2. The fourth-order valence-corrected chi connectivity index (χ4v) is 2.04. The molecule has 3 nitrogen and oxygen atoms in total. The van der Waals surface area contributed by atoms with Crippen molar-refractivity contribution in [3.05, 3.63) is 29.3 Å². The molecule has 1 N–H and O–H groups in total. The van der Waals surface area contributed by atoms with Crippen molar-refractivity contribution in [1.82, 2.24) is 0 Å². The summed E-state index contributed by atoms with van der Waals surface area (Å²) in [5, 5.41) is 8.83. The number of rotatable bonds is 3. The number of sulfone groups is 1. The van der Waals surface area contributed by atoms with Gasteiger partial charge in [0, 0.05) is 18.8 Å². The monoisotopic (exact) mass is 250 g/mol. The molecule has 1 unspecified atom stereocenters. The third kappa shape index (κ3) is 2.38. The largest absolute Gasteiger partial charge is 0.396 e. The highest BCUT2D eigenvalue weighted by Crippen LogP contribution is 2.25. The highest BCUT2D eigenvalue weighted by molar-refractivity contribution is 7.90. The lowest BCUT2D eigenvalue weighted by Gasteiger charge is -2.11. The third-order valence-electron chi connectivity index (χ3n) is 2.28. The Morgan fingerprint density at radius 2 is 1.88 bits per heavy atom. The van der Waals surface area contributed by atoms with Crippen LogP contribution in [0, 0.1) is 11.6 Å². The van der Waals surface area contributed by atoms with Crippen molar-refractivity contribution in [2.45, 2.75) is 17.7 Å². The first kappa shape index (κ1) is 13.1. The number of hydrogen-bond acceptors (Lipinski definition) is 3. The van der Waals surface area contributed by atoms with Gasteiger partial charge in [0.15, 0.2) is 21.5 Å². The molecular formula is C10H12F2O3S. The van der Waals surface area contributed by atoms with Gasteiger partial charge in [-0.15, -0.1) is 0 Å². The fourth-order valence-electron chi connectivity index (χ4n) is 1.31. The average molecular weight is 250 g/mol. The van der Waals surface area contributed by atoms with Gasteiger partial charge in [-0.3, -0.25) is 0 Å². The van der Waals surface area contributed by atoms with Gasteiger partial charge in [0.2, 0.25) is 0 Å². The molecule has 0 spiro atoms. The van der Waals surface area contributed by atoms with Gasteiger partial charge >= 0.3 is 0 Å². The van der Waals surface area contributed by atoms with Gasteiger partial charge in [0.1, 0.15) is 4.90 Å². The molecule has 0 aliphatic carbocycles. The van der Waals surface area contributed by atoms with E-state index in [2.05, 4.69) is 0 Å². The van der Waals surface area contributed by atoms with E-state index < -0.39 is 32.3 Å². The second kappa shape index (κ2) is 4.47. The Labute approximate surface area is 92.6 Å². The molecule has 0 aliphatic heterocycles. The van der Waals surface area contributed by atoms with E-state index in [9.17, 15) is 17.2 Å². The van der Waals surface area contributed by atoms with Gasteiger partial charge in [-0.05, 0) is 11.6 Å². The number of benzene rings is 1. The number of aliphatic hydroxyl groups excluding tert-OH is 1. The first-order valence-corrected chi connectivity index (χ1v) is 6.47. The van der Waals surface area contributed by atoms with E-state index in [1.54, 1.807) is 0 Å². The molecule has 1 atom stereocenters. The van der Waals surface area contributed by atoms with Crippen molar-refractivity contribution < 1.29 is 22.3 Å². The minimum Gasteiger partial charge on any atom is -0.396 e. The molecule has 0 saturated heterocycles. The molecule has 6 heteroatoms. The molecule has 1 rings (SSSR count). The van der Waals surface area contributed by atoms with Gasteiger partial charge in [0.25, 0.3) is 0 Å². The molecule has 0 heterocycles. The molecule has 0 fully saturated rings. The molecule has 16 heavy (non-hydrogen) atoms. The Morgan fingerprint density at radius 1 is 1.31 bits per heavy atom. The normalized spacial score (nSPS) is 13.8. The minimum atomic E-state index is -3.78. The predicted octanol–water partition coefficient (Wildman–Crippen LogP) is 1.46. The molecule has 0 amide bonds. The van der Waals surface area contributed by atoms with Crippen LogP contribution in [-0.4, -0.2) is 26.4 Å². The van der Waals surface area contributed by atoms with Crippen molar-refractivity contribution >= 4 is 9.84 Å². The van der Waals surface area contributed by atoms with Crippen LogP contribution in [0.3, 0.4) is 0 Å².